The molecular weight excluding hydrogens is 254 g/mol. The molecule has 1 N–H and O–H groups in total. The average molecular weight is 281 g/mol. The van der Waals surface area contributed by atoms with Crippen LogP contribution in [0.15, 0.2) is 24.3 Å². The minimum absolute atomic E-state index is 0.304. The van der Waals surface area contributed by atoms with Gasteiger partial charge in [-0.3, -0.25) is 0 Å². The van der Waals surface area contributed by atoms with Crippen LogP contribution in [0, 0.1) is 0 Å². The van der Waals surface area contributed by atoms with Crippen LogP contribution in [0.2, 0.25) is 0 Å². The first-order valence-electron chi connectivity index (χ1n) is 7.06. The lowest BCUT2D eigenvalue weighted by Crippen LogP contribution is -2.25. The molecule has 0 heterocycles. The molecule has 2 nitrogen and oxygen atoms in total. The van der Waals surface area contributed by atoms with Gasteiger partial charge in [-0.05, 0) is 31.2 Å². The van der Waals surface area contributed by atoms with E-state index < -0.39 is 0 Å². The van der Waals surface area contributed by atoms with Crippen molar-refractivity contribution >= 4 is 11.8 Å². The molecule has 1 aromatic carbocycles. The van der Waals surface area contributed by atoms with Crippen molar-refractivity contribution in [1.29, 1.82) is 0 Å². The lowest BCUT2D eigenvalue weighted by atomic mass is 10.1. The molecule has 0 fully saturated rings. The number of nitrogens with one attached hydrogen (secondary N) is 1. The van der Waals surface area contributed by atoms with E-state index >= 15 is 0 Å². The highest BCUT2D eigenvalue weighted by Gasteiger charge is 2.16. The Balaban J connectivity index is 2.69. The van der Waals surface area contributed by atoms with Gasteiger partial charge in [-0.2, -0.15) is 11.8 Å². The first-order valence-corrected chi connectivity index (χ1v) is 8.05. The van der Waals surface area contributed by atoms with Crippen molar-refractivity contribution in [3.05, 3.63) is 29.8 Å². The Morgan fingerprint density at radius 1 is 1.16 bits per heavy atom. The number of benzene rings is 1. The van der Waals surface area contributed by atoms with Gasteiger partial charge in [-0.15, -0.1) is 0 Å². The molecule has 1 atom stereocenters. The summed E-state index contributed by atoms with van der Waals surface area (Å²) < 4.78 is 5.79. The maximum atomic E-state index is 5.49. The fourth-order valence-electron chi connectivity index (χ4n) is 1.82. The van der Waals surface area contributed by atoms with Gasteiger partial charge in [-0.25, -0.2) is 0 Å². The maximum Gasteiger partial charge on any atom is 0.119 e. The molecule has 3 heteroatoms. The van der Waals surface area contributed by atoms with Crippen LogP contribution in [0.4, 0.5) is 0 Å². The highest BCUT2D eigenvalue weighted by atomic mass is 32.2. The smallest absolute Gasteiger partial charge is 0.119 e. The minimum atomic E-state index is 0.304. The maximum absolute atomic E-state index is 5.49. The topological polar surface area (TPSA) is 21.3 Å². The highest BCUT2D eigenvalue weighted by Crippen LogP contribution is 2.29. The summed E-state index contributed by atoms with van der Waals surface area (Å²) in [6.07, 6.45) is 0. The van der Waals surface area contributed by atoms with E-state index in [0.29, 0.717) is 10.8 Å². The third-order valence-corrected chi connectivity index (χ3v) is 4.09. The zero-order valence-corrected chi connectivity index (χ0v) is 13.6. The van der Waals surface area contributed by atoms with E-state index in [1.807, 2.05) is 18.7 Å². The van der Waals surface area contributed by atoms with E-state index in [9.17, 15) is 0 Å². The van der Waals surface area contributed by atoms with Crippen LogP contribution < -0.4 is 10.1 Å². The first kappa shape index (κ1) is 16.4. The number of thioether (sulfide) groups is 1. The van der Waals surface area contributed by atoms with E-state index in [1.165, 1.54) is 5.56 Å². The standard InChI is InChI=1S/C16H27NOS/c1-6-17-15(12-19-16(3,4)5)13-8-10-14(11-9-13)18-7-2/h8-11,15,17H,6-7,12H2,1-5H3. The molecule has 0 spiro atoms. The van der Waals surface area contributed by atoms with E-state index in [0.717, 1.165) is 24.7 Å². The summed E-state index contributed by atoms with van der Waals surface area (Å²) in [5, 5.41) is 3.56. The molecule has 19 heavy (non-hydrogen) atoms. The van der Waals surface area contributed by atoms with Crippen LogP contribution in [0.3, 0.4) is 0 Å². The molecule has 0 aromatic heterocycles. The normalized spacial score (nSPS) is 13.3. The molecule has 1 rings (SSSR count). The van der Waals surface area contributed by atoms with Crippen molar-refractivity contribution in [2.45, 2.75) is 45.4 Å². The van der Waals surface area contributed by atoms with Gasteiger partial charge in [0, 0.05) is 16.5 Å². The van der Waals surface area contributed by atoms with E-state index in [1.54, 1.807) is 0 Å². The lowest BCUT2D eigenvalue weighted by Gasteiger charge is -2.24. The summed E-state index contributed by atoms with van der Waals surface area (Å²) >= 11 is 2.00. The summed E-state index contributed by atoms with van der Waals surface area (Å²) in [5.74, 6) is 2.04. The van der Waals surface area contributed by atoms with Gasteiger partial charge in [0.25, 0.3) is 0 Å². The predicted octanol–water partition coefficient (Wildman–Crippen LogP) is 4.27. The molecule has 0 radical (unpaired) electrons. The molecule has 0 saturated heterocycles. The summed E-state index contributed by atoms with van der Waals surface area (Å²) in [6.45, 7) is 12.7. The molecule has 0 saturated carbocycles. The fraction of sp³-hybridized carbons (Fsp3) is 0.625. The molecule has 0 aliphatic carbocycles. The Morgan fingerprint density at radius 3 is 2.26 bits per heavy atom. The van der Waals surface area contributed by atoms with Gasteiger partial charge in [0.2, 0.25) is 0 Å². The second-order valence-electron chi connectivity index (χ2n) is 5.54. The quantitative estimate of drug-likeness (QED) is 0.806. The Bertz CT molecular complexity index is 356. The van der Waals surface area contributed by atoms with Crippen molar-refractivity contribution in [1.82, 2.24) is 5.32 Å². The Kier molecular flexibility index (Phi) is 6.73. The summed E-state index contributed by atoms with van der Waals surface area (Å²) in [6, 6.07) is 8.86. The van der Waals surface area contributed by atoms with Crippen molar-refractivity contribution in [2.24, 2.45) is 0 Å². The van der Waals surface area contributed by atoms with Crippen LogP contribution >= 0.6 is 11.8 Å². The minimum Gasteiger partial charge on any atom is -0.494 e. The van der Waals surface area contributed by atoms with Crippen LogP contribution in [-0.2, 0) is 0 Å². The van der Waals surface area contributed by atoms with Gasteiger partial charge >= 0.3 is 0 Å². The molecular formula is C16H27NOS. The molecule has 0 amide bonds. The van der Waals surface area contributed by atoms with Crippen LogP contribution in [0.1, 0.15) is 46.2 Å². The molecule has 1 aromatic rings. The Hall–Kier alpha value is -0.670. The number of hydrogen-bond acceptors (Lipinski definition) is 3. The van der Waals surface area contributed by atoms with Gasteiger partial charge in [0.1, 0.15) is 5.75 Å². The fourth-order valence-corrected chi connectivity index (χ4v) is 2.79. The van der Waals surface area contributed by atoms with Crippen molar-refractivity contribution in [3.63, 3.8) is 0 Å². The largest absolute Gasteiger partial charge is 0.494 e. The second kappa shape index (κ2) is 7.81. The summed E-state index contributed by atoms with van der Waals surface area (Å²) in [5.41, 5.74) is 1.34. The first-order chi connectivity index (χ1) is 8.96. The monoisotopic (exact) mass is 281 g/mol. The predicted molar refractivity (Wildman–Crippen MR) is 86.2 cm³/mol. The average Bonchev–Trinajstić information content (AvgIpc) is 2.35. The van der Waals surface area contributed by atoms with Crippen LogP contribution in [0.5, 0.6) is 5.75 Å². The summed E-state index contributed by atoms with van der Waals surface area (Å²) in [4.78, 5) is 0. The second-order valence-corrected chi connectivity index (χ2v) is 7.38. The lowest BCUT2D eigenvalue weighted by molar-refractivity contribution is 0.340. The van der Waals surface area contributed by atoms with Gasteiger partial charge in [0.05, 0.1) is 6.61 Å². The zero-order valence-electron chi connectivity index (χ0n) is 12.8. The van der Waals surface area contributed by atoms with E-state index in [4.69, 9.17) is 4.74 Å². The summed E-state index contributed by atoms with van der Waals surface area (Å²) in [7, 11) is 0. The van der Waals surface area contributed by atoms with Crippen molar-refractivity contribution in [2.75, 3.05) is 18.9 Å². The highest BCUT2D eigenvalue weighted by molar-refractivity contribution is 8.00. The van der Waals surface area contributed by atoms with Crippen LogP contribution in [0.25, 0.3) is 0 Å². The number of rotatable bonds is 7. The molecule has 1 unspecified atom stereocenters. The number of hydrogen-bond donors (Lipinski definition) is 1. The third kappa shape index (κ3) is 6.35. The zero-order chi connectivity index (χ0) is 14.3. The van der Waals surface area contributed by atoms with Gasteiger partial charge in [-0.1, -0.05) is 39.8 Å². The molecule has 0 aliphatic heterocycles. The molecule has 0 aliphatic rings. The van der Waals surface area contributed by atoms with Gasteiger partial charge < -0.3 is 10.1 Å². The molecule has 0 bridgehead atoms. The van der Waals surface area contributed by atoms with E-state index in [2.05, 4.69) is 57.3 Å². The Labute approximate surface area is 122 Å². The van der Waals surface area contributed by atoms with Gasteiger partial charge in [0.15, 0.2) is 0 Å². The van der Waals surface area contributed by atoms with E-state index in [-0.39, 0.29) is 0 Å². The SMILES string of the molecule is CCNC(CSC(C)(C)C)c1ccc(OCC)cc1. The van der Waals surface area contributed by atoms with Crippen LogP contribution in [-0.4, -0.2) is 23.7 Å². The van der Waals surface area contributed by atoms with Crippen molar-refractivity contribution < 1.29 is 4.74 Å². The number of ether oxygens (including phenoxy) is 1. The Morgan fingerprint density at radius 2 is 1.79 bits per heavy atom. The molecule has 108 valence electrons. The third-order valence-electron chi connectivity index (χ3n) is 2.73. The van der Waals surface area contributed by atoms with Crippen molar-refractivity contribution in [3.8, 4) is 5.75 Å².